The number of fused-ring (bicyclic) bond motifs is 1. The number of hydrogen-bond donors (Lipinski definition) is 2. The molecule has 9 nitrogen and oxygen atoms in total. The van der Waals surface area contributed by atoms with E-state index in [0.29, 0.717) is 24.3 Å². The van der Waals surface area contributed by atoms with Crippen LogP contribution < -0.4 is 10.0 Å². The summed E-state index contributed by atoms with van der Waals surface area (Å²) in [6.45, 7) is 2.52. The van der Waals surface area contributed by atoms with E-state index in [1.54, 1.807) is 30.3 Å². The normalized spacial score (nSPS) is 20.5. The Hall–Kier alpha value is -2.76. The second-order valence-electron chi connectivity index (χ2n) is 8.09. The summed E-state index contributed by atoms with van der Waals surface area (Å²) < 4.78 is 54.4. The summed E-state index contributed by atoms with van der Waals surface area (Å²) >= 11 is 0. The maximum absolute atomic E-state index is 13.0. The molecule has 33 heavy (non-hydrogen) atoms. The van der Waals surface area contributed by atoms with Crippen molar-refractivity contribution in [1.29, 1.82) is 0 Å². The molecule has 1 fully saturated rings. The van der Waals surface area contributed by atoms with Gasteiger partial charge < -0.3 is 5.32 Å². The van der Waals surface area contributed by atoms with Gasteiger partial charge in [-0.25, -0.2) is 16.8 Å². The first kappa shape index (κ1) is 23.4. The van der Waals surface area contributed by atoms with Crippen LogP contribution in [-0.4, -0.2) is 52.0 Å². The van der Waals surface area contributed by atoms with Crippen LogP contribution in [0.3, 0.4) is 0 Å². The largest absolute Gasteiger partial charge is 0.324 e. The molecule has 0 bridgehead atoms. The van der Waals surface area contributed by atoms with E-state index in [2.05, 4.69) is 15.0 Å². The zero-order valence-electron chi connectivity index (χ0n) is 18.2. The van der Waals surface area contributed by atoms with E-state index in [-0.39, 0.29) is 15.6 Å². The molecule has 0 aromatic heterocycles. The Kier molecular flexibility index (Phi) is 6.55. The third-order valence-corrected chi connectivity index (χ3v) is 8.96. The highest BCUT2D eigenvalue weighted by Gasteiger charge is 2.31. The van der Waals surface area contributed by atoms with Crippen molar-refractivity contribution in [2.45, 2.75) is 48.4 Å². The van der Waals surface area contributed by atoms with Gasteiger partial charge in [-0.2, -0.15) is 4.31 Å². The number of aliphatic imine (C=N–C) groups is 1. The van der Waals surface area contributed by atoms with Crippen molar-refractivity contribution in [3.63, 3.8) is 0 Å². The lowest BCUT2D eigenvalue weighted by Gasteiger charge is -2.20. The topological polar surface area (TPSA) is 125 Å². The lowest BCUT2D eigenvalue weighted by molar-refractivity contribution is -0.117. The Morgan fingerprint density at radius 2 is 1.76 bits per heavy atom. The summed E-state index contributed by atoms with van der Waals surface area (Å²) in [5.41, 5.74) is 0.734. The highest BCUT2D eigenvalue weighted by molar-refractivity contribution is 7.90. The maximum atomic E-state index is 13.0. The van der Waals surface area contributed by atoms with E-state index in [4.69, 9.17) is 0 Å². The van der Waals surface area contributed by atoms with Crippen LogP contribution in [0, 0.1) is 0 Å². The average molecular weight is 491 g/mol. The van der Waals surface area contributed by atoms with Crippen molar-refractivity contribution in [3.8, 4) is 0 Å². The molecule has 1 saturated heterocycles. The van der Waals surface area contributed by atoms with Gasteiger partial charge >= 0.3 is 0 Å². The first-order valence-electron chi connectivity index (χ1n) is 10.8. The van der Waals surface area contributed by atoms with Crippen LogP contribution in [0.4, 0.5) is 5.69 Å². The van der Waals surface area contributed by atoms with Crippen LogP contribution in [0.5, 0.6) is 0 Å². The van der Waals surface area contributed by atoms with Gasteiger partial charge in [0.2, 0.25) is 15.9 Å². The maximum Gasteiger partial charge on any atom is 0.263 e. The molecule has 2 heterocycles. The summed E-state index contributed by atoms with van der Waals surface area (Å²) in [6.07, 6.45) is 3.70. The van der Waals surface area contributed by atoms with E-state index in [1.165, 1.54) is 29.4 Å². The van der Waals surface area contributed by atoms with Crippen LogP contribution >= 0.6 is 0 Å². The lowest BCUT2D eigenvalue weighted by atomic mass is 10.2. The van der Waals surface area contributed by atoms with Crippen molar-refractivity contribution < 1.29 is 21.6 Å². The number of hydrogen-bond acceptors (Lipinski definition) is 6. The van der Waals surface area contributed by atoms with Gasteiger partial charge in [0.25, 0.3) is 10.0 Å². The zero-order chi connectivity index (χ0) is 23.6. The molecule has 0 saturated carbocycles. The van der Waals surface area contributed by atoms with Crippen LogP contribution in [-0.2, 0) is 24.8 Å². The quantitative estimate of drug-likeness (QED) is 0.665. The Labute approximate surface area is 194 Å². The van der Waals surface area contributed by atoms with Crippen molar-refractivity contribution in [2.24, 2.45) is 4.99 Å². The Balaban J connectivity index is 1.51. The molecule has 176 valence electrons. The fourth-order valence-electron chi connectivity index (χ4n) is 3.89. The molecule has 2 aromatic carbocycles. The van der Waals surface area contributed by atoms with Crippen molar-refractivity contribution >= 4 is 37.5 Å². The average Bonchev–Trinajstić information content (AvgIpc) is 2.96. The highest BCUT2D eigenvalue weighted by atomic mass is 32.2. The third kappa shape index (κ3) is 4.94. The summed E-state index contributed by atoms with van der Waals surface area (Å²) in [7, 11) is -7.36. The van der Waals surface area contributed by atoms with Gasteiger partial charge in [-0.15, -0.1) is 0 Å². The number of rotatable bonds is 5. The molecule has 0 radical (unpaired) electrons. The summed E-state index contributed by atoms with van der Waals surface area (Å²) in [4.78, 5) is 17.2. The van der Waals surface area contributed by atoms with E-state index in [9.17, 15) is 21.6 Å². The first-order chi connectivity index (χ1) is 15.7. The van der Waals surface area contributed by atoms with Crippen molar-refractivity contribution in [3.05, 3.63) is 54.1 Å². The van der Waals surface area contributed by atoms with Gasteiger partial charge in [0.1, 0.15) is 11.9 Å². The van der Waals surface area contributed by atoms with Crippen LogP contribution in [0.15, 0.2) is 63.3 Å². The number of nitrogens with zero attached hydrogens (tertiary/aromatic N) is 2. The number of carbonyl (C=O) groups excluding carboxylic acids is 1. The lowest BCUT2D eigenvalue weighted by Crippen LogP contribution is -2.32. The fourth-order valence-corrected chi connectivity index (χ4v) is 6.70. The highest BCUT2D eigenvalue weighted by Crippen LogP contribution is 2.24. The second kappa shape index (κ2) is 9.24. The molecule has 2 N–H and O–H groups in total. The predicted molar refractivity (Wildman–Crippen MR) is 125 cm³/mol. The van der Waals surface area contributed by atoms with Gasteiger partial charge in [-0.1, -0.05) is 31.0 Å². The fraction of sp³-hybridized carbons (Fsp3) is 0.364. The Morgan fingerprint density at radius 3 is 2.48 bits per heavy atom. The van der Waals surface area contributed by atoms with E-state index in [1.807, 2.05) is 0 Å². The number of anilines is 1. The monoisotopic (exact) mass is 490 g/mol. The first-order valence-corrected chi connectivity index (χ1v) is 13.7. The zero-order valence-corrected chi connectivity index (χ0v) is 19.8. The summed E-state index contributed by atoms with van der Waals surface area (Å²) in [5.74, 6) is -0.388. The molecule has 0 aliphatic carbocycles. The molecule has 2 aromatic rings. The van der Waals surface area contributed by atoms with Gasteiger partial charge in [0, 0.05) is 24.3 Å². The molecule has 1 atom stereocenters. The standard InChI is InChI=1S/C22H26N4O5S2/c1-16(23-21-19-11-4-5-12-20(19)32(28,29)25-21)22(27)24-17-9-8-10-18(15-17)33(30,31)26-13-6-2-3-7-14-26/h4-5,8-12,15-16H,2-3,6-7,13-14H2,1H3,(H,23,25)(H,24,27)/t16-/m0/s1. The van der Waals surface area contributed by atoms with Crippen molar-refractivity contribution in [1.82, 2.24) is 9.03 Å². The van der Waals surface area contributed by atoms with Crippen LogP contribution in [0.1, 0.15) is 38.2 Å². The van der Waals surface area contributed by atoms with Crippen molar-refractivity contribution in [2.75, 3.05) is 18.4 Å². The number of nitrogens with one attached hydrogen (secondary N) is 2. The van der Waals surface area contributed by atoms with Gasteiger partial charge in [0.05, 0.1) is 9.79 Å². The number of sulfonamides is 2. The van der Waals surface area contributed by atoms with E-state index < -0.39 is 32.0 Å². The number of amidine groups is 1. The summed E-state index contributed by atoms with van der Waals surface area (Å²) in [6, 6.07) is 11.6. The Morgan fingerprint density at radius 1 is 1.06 bits per heavy atom. The second-order valence-corrected chi connectivity index (χ2v) is 11.7. The number of amides is 1. The predicted octanol–water partition coefficient (Wildman–Crippen LogP) is 2.32. The molecule has 1 amide bonds. The van der Waals surface area contributed by atoms with Crippen LogP contribution in [0.25, 0.3) is 0 Å². The third-order valence-electron chi connectivity index (χ3n) is 5.67. The smallest absolute Gasteiger partial charge is 0.263 e. The molecular weight excluding hydrogens is 464 g/mol. The van der Waals surface area contributed by atoms with Crippen LogP contribution in [0.2, 0.25) is 0 Å². The summed E-state index contributed by atoms with van der Waals surface area (Å²) in [5, 5.41) is 2.68. The number of carbonyl (C=O) groups is 1. The molecule has 0 spiro atoms. The minimum atomic E-state index is -3.70. The molecule has 2 aliphatic rings. The Bertz CT molecular complexity index is 1300. The van der Waals surface area contributed by atoms with E-state index >= 15 is 0 Å². The molecule has 0 unspecified atom stereocenters. The molecule has 2 aliphatic heterocycles. The minimum Gasteiger partial charge on any atom is -0.324 e. The molecule has 11 heteroatoms. The van der Waals surface area contributed by atoms with Gasteiger partial charge in [-0.05, 0) is 50.1 Å². The molecular formula is C22H26N4O5S2. The minimum absolute atomic E-state index is 0.103. The SMILES string of the molecule is C[C@H](N=C1NS(=O)(=O)c2ccccc21)C(=O)Nc1cccc(S(=O)(=O)N2CCCCCC2)c1. The van der Waals surface area contributed by atoms with E-state index in [0.717, 1.165) is 25.7 Å². The van der Waals surface area contributed by atoms with Gasteiger partial charge in [0.15, 0.2) is 0 Å². The number of benzene rings is 2. The molecule has 4 rings (SSSR count). The van der Waals surface area contributed by atoms with Gasteiger partial charge in [-0.3, -0.25) is 14.5 Å².